The standard InChI is InChI=1S/C19H16N4O3/c1-12-16(18(24)23(22(12)2)13-8-4-3-5-9-13)20-21-17-14-10-6-7-11-15(14)26-19(17)25/h3-11,25H,1-2H3/p-1. The molecule has 4 aromatic rings. The Labute approximate surface area is 148 Å². The van der Waals surface area contributed by atoms with Crippen LogP contribution in [0.25, 0.3) is 16.7 Å². The van der Waals surface area contributed by atoms with E-state index in [1.807, 2.05) is 30.3 Å². The highest BCUT2D eigenvalue weighted by molar-refractivity contribution is 5.91. The van der Waals surface area contributed by atoms with Crippen molar-refractivity contribution in [3.05, 3.63) is 70.6 Å². The maximum Gasteiger partial charge on any atom is 0.299 e. The van der Waals surface area contributed by atoms with Gasteiger partial charge in [-0.3, -0.25) is 9.48 Å². The van der Waals surface area contributed by atoms with Crippen molar-refractivity contribution in [2.75, 3.05) is 0 Å². The Balaban J connectivity index is 1.83. The lowest BCUT2D eigenvalue weighted by Gasteiger charge is -2.07. The molecule has 7 heteroatoms. The van der Waals surface area contributed by atoms with Gasteiger partial charge in [0.2, 0.25) is 0 Å². The van der Waals surface area contributed by atoms with Crippen molar-refractivity contribution in [3.63, 3.8) is 0 Å². The quantitative estimate of drug-likeness (QED) is 0.529. The largest absolute Gasteiger partial charge is 0.577 e. The number of hydrogen-bond acceptors (Lipinski definition) is 5. The summed E-state index contributed by atoms with van der Waals surface area (Å²) < 4.78 is 8.36. The van der Waals surface area contributed by atoms with E-state index in [9.17, 15) is 9.90 Å². The Morgan fingerprint density at radius 1 is 0.962 bits per heavy atom. The summed E-state index contributed by atoms with van der Waals surface area (Å²) in [7, 11) is 1.77. The maximum absolute atomic E-state index is 12.8. The topological polar surface area (TPSA) is 87.9 Å². The number of rotatable bonds is 3. The van der Waals surface area contributed by atoms with E-state index in [2.05, 4.69) is 10.2 Å². The van der Waals surface area contributed by atoms with Gasteiger partial charge in [-0.15, -0.1) is 10.2 Å². The van der Waals surface area contributed by atoms with Gasteiger partial charge in [0.1, 0.15) is 5.69 Å². The highest BCUT2D eigenvalue weighted by Crippen LogP contribution is 2.37. The van der Waals surface area contributed by atoms with Gasteiger partial charge in [0, 0.05) is 18.0 Å². The summed E-state index contributed by atoms with van der Waals surface area (Å²) >= 11 is 0. The fraction of sp³-hybridized carbons (Fsp3) is 0.105. The maximum atomic E-state index is 12.8. The molecule has 0 radical (unpaired) electrons. The summed E-state index contributed by atoms with van der Waals surface area (Å²) in [5.41, 5.74) is 1.78. The zero-order chi connectivity index (χ0) is 18.3. The first kappa shape index (κ1) is 15.9. The van der Waals surface area contributed by atoms with E-state index >= 15 is 0 Å². The van der Waals surface area contributed by atoms with Crippen molar-refractivity contribution in [1.29, 1.82) is 0 Å². The second-order valence-electron chi connectivity index (χ2n) is 5.84. The van der Waals surface area contributed by atoms with Crippen molar-refractivity contribution in [2.45, 2.75) is 6.92 Å². The highest BCUT2D eigenvalue weighted by atomic mass is 16.5. The number of fused-ring (bicyclic) bond motifs is 1. The fourth-order valence-electron chi connectivity index (χ4n) is 2.87. The van der Waals surface area contributed by atoms with Crippen LogP contribution < -0.4 is 10.7 Å². The molecule has 0 fully saturated rings. The van der Waals surface area contributed by atoms with Crippen LogP contribution in [0.15, 0.2) is 74.0 Å². The highest BCUT2D eigenvalue weighted by Gasteiger charge is 2.16. The smallest absolute Gasteiger partial charge is 0.299 e. The van der Waals surface area contributed by atoms with Crippen LogP contribution in [0.4, 0.5) is 11.4 Å². The lowest BCUT2D eigenvalue weighted by molar-refractivity contribution is -0.291. The predicted molar refractivity (Wildman–Crippen MR) is 95.6 cm³/mol. The summed E-state index contributed by atoms with van der Waals surface area (Å²) in [5, 5.41) is 20.7. The Hall–Kier alpha value is -3.61. The number of para-hydroxylation sites is 2. The number of nitrogens with zero attached hydrogens (tertiary/aromatic N) is 4. The zero-order valence-corrected chi connectivity index (χ0v) is 14.2. The summed E-state index contributed by atoms with van der Waals surface area (Å²) in [6.07, 6.45) is 0. The SMILES string of the molecule is Cc1c(N=Nc2c([O-])oc3ccccc23)c(=O)n(-c2ccccc2)n1C. The molecule has 0 bridgehead atoms. The van der Waals surface area contributed by atoms with Gasteiger partial charge in [0.15, 0.2) is 5.69 Å². The van der Waals surface area contributed by atoms with Gasteiger partial charge in [-0.05, 0) is 25.1 Å². The third-order valence-corrected chi connectivity index (χ3v) is 4.31. The van der Waals surface area contributed by atoms with E-state index < -0.39 is 5.95 Å². The molecule has 0 amide bonds. The minimum absolute atomic E-state index is 0.0921. The Kier molecular flexibility index (Phi) is 3.69. The average Bonchev–Trinajstić information content (AvgIpc) is 3.08. The fourth-order valence-corrected chi connectivity index (χ4v) is 2.87. The zero-order valence-electron chi connectivity index (χ0n) is 14.2. The molecule has 0 N–H and O–H groups in total. The molecule has 2 heterocycles. The molecule has 0 atom stereocenters. The number of azo groups is 1. The van der Waals surface area contributed by atoms with Gasteiger partial charge in [0.05, 0.1) is 17.3 Å². The van der Waals surface area contributed by atoms with Gasteiger partial charge in [0.25, 0.3) is 5.56 Å². The van der Waals surface area contributed by atoms with Crippen LogP contribution in [0.3, 0.4) is 0 Å². The van der Waals surface area contributed by atoms with E-state index in [0.29, 0.717) is 16.7 Å². The van der Waals surface area contributed by atoms with E-state index in [0.717, 1.165) is 5.69 Å². The number of benzene rings is 2. The summed E-state index contributed by atoms with van der Waals surface area (Å²) in [5.74, 6) is -0.577. The van der Waals surface area contributed by atoms with Crippen molar-refractivity contribution >= 4 is 22.3 Å². The predicted octanol–water partition coefficient (Wildman–Crippen LogP) is 3.72. The molecule has 4 rings (SSSR count). The molecular formula is C19H15N4O3-. The van der Waals surface area contributed by atoms with Crippen molar-refractivity contribution in [2.24, 2.45) is 17.3 Å². The minimum Gasteiger partial charge on any atom is -0.577 e. The summed E-state index contributed by atoms with van der Waals surface area (Å²) in [6, 6.07) is 16.2. The van der Waals surface area contributed by atoms with Gasteiger partial charge in [-0.2, -0.15) is 0 Å². The lowest BCUT2D eigenvalue weighted by atomic mass is 10.2. The lowest BCUT2D eigenvalue weighted by Crippen LogP contribution is -2.19. The van der Waals surface area contributed by atoms with Gasteiger partial charge in [-0.1, -0.05) is 36.4 Å². The molecular weight excluding hydrogens is 332 g/mol. The van der Waals surface area contributed by atoms with Crippen molar-refractivity contribution in [3.8, 4) is 11.6 Å². The third kappa shape index (κ3) is 2.41. The molecule has 2 aromatic heterocycles. The number of hydrogen-bond donors (Lipinski definition) is 0. The van der Waals surface area contributed by atoms with Gasteiger partial charge >= 0.3 is 0 Å². The van der Waals surface area contributed by atoms with Crippen LogP contribution in [0, 0.1) is 6.92 Å². The van der Waals surface area contributed by atoms with E-state index in [1.54, 1.807) is 42.9 Å². The van der Waals surface area contributed by atoms with Crippen LogP contribution in [0.2, 0.25) is 0 Å². The van der Waals surface area contributed by atoms with E-state index in [-0.39, 0.29) is 16.9 Å². The molecule has 0 aliphatic rings. The normalized spacial score (nSPS) is 11.6. The van der Waals surface area contributed by atoms with Crippen LogP contribution in [-0.4, -0.2) is 9.36 Å². The third-order valence-electron chi connectivity index (χ3n) is 4.31. The van der Waals surface area contributed by atoms with Crippen LogP contribution in [0.5, 0.6) is 5.95 Å². The Morgan fingerprint density at radius 3 is 2.38 bits per heavy atom. The van der Waals surface area contributed by atoms with E-state index in [4.69, 9.17) is 4.42 Å². The Bertz CT molecular complexity index is 1180. The van der Waals surface area contributed by atoms with Crippen LogP contribution in [-0.2, 0) is 7.05 Å². The molecule has 130 valence electrons. The molecule has 0 aliphatic carbocycles. The molecule has 0 aliphatic heterocycles. The Morgan fingerprint density at radius 2 is 1.62 bits per heavy atom. The van der Waals surface area contributed by atoms with E-state index in [1.165, 1.54) is 4.68 Å². The number of aromatic nitrogens is 2. The summed E-state index contributed by atoms with van der Waals surface area (Å²) in [4.78, 5) is 12.8. The molecule has 0 unspecified atom stereocenters. The molecule has 0 saturated carbocycles. The first-order valence-electron chi connectivity index (χ1n) is 8.02. The molecule has 0 saturated heterocycles. The molecule has 2 aromatic carbocycles. The monoisotopic (exact) mass is 347 g/mol. The summed E-state index contributed by atoms with van der Waals surface area (Å²) in [6.45, 7) is 1.78. The van der Waals surface area contributed by atoms with Crippen LogP contribution >= 0.6 is 0 Å². The van der Waals surface area contributed by atoms with Crippen LogP contribution in [0.1, 0.15) is 5.69 Å². The first-order chi connectivity index (χ1) is 12.6. The van der Waals surface area contributed by atoms with Crippen molar-refractivity contribution < 1.29 is 9.52 Å². The van der Waals surface area contributed by atoms with Gasteiger partial charge in [-0.25, -0.2) is 4.68 Å². The second-order valence-corrected chi connectivity index (χ2v) is 5.84. The molecule has 0 spiro atoms. The average molecular weight is 347 g/mol. The first-order valence-corrected chi connectivity index (χ1v) is 8.02. The molecule has 7 nitrogen and oxygen atoms in total. The number of furan rings is 1. The molecule has 26 heavy (non-hydrogen) atoms. The second kappa shape index (κ2) is 6.03. The van der Waals surface area contributed by atoms with Gasteiger partial charge < -0.3 is 9.52 Å². The minimum atomic E-state index is -0.577. The van der Waals surface area contributed by atoms with Crippen molar-refractivity contribution in [1.82, 2.24) is 9.36 Å².